The van der Waals surface area contributed by atoms with Crippen LogP contribution in [0.25, 0.3) is 0 Å². The molecule has 1 aliphatic carbocycles. The maximum absolute atomic E-state index is 12.0. The van der Waals surface area contributed by atoms with Crippen molar-refractivity contribution in [3.05, 3.63) is 33.8 Å². The summed E-state index contributed by atoms with van der Waals surface area (Å²) in [5, 5.41) is 3.02. The number of halogens is 1. The molecule has 0 bridgehead atoms. The van der Waals surface area contributed by atoms with Gasteiger partial charge >= 0.3 is 0 Å². The van der Waals surface area contributed by atoms with Crippen LogP contribution in [-0.4, -0.2) is 12.5 Å². The monoisotopic (exact) mass is 309 g/mol. The van der Waals surface area contributed by atoms with Crippen molar-refractivity contribution in [1.29, 1.82) is 0 Å². The molecule has 1 fully saturated rings. The number of hydrogen-bond acceptors (Lipinski definition) is 1. The van der Waals surface area contributed by atoms with Crippen molar-refractivity contribution in [3.63, 3.8) is 0 Å². The molecule has 0 heterocycles. The van der Waals surface area contributed by atoms with Gasteiger partial charge < -0.3 is 5.32 Å². The zero-order valence-electron chi connectivity index (χ0n) is 10.8. The molecule has 0 spiro atoms. The molecule has 2 rings (SSSR count). The molecule has 0 saturated heterocycles. The quantitative estimate of drug-likeness (QED) is 0.892. The van der Waals surface area contributed by atoms with Gasteiger partial charge in [-0.05, 0) is 52.9 Å². The van der Waals surface area contributed by atoms with Gasteiger partial charge in [0.15, 0.2) is 0 Å². The first-order chi connectivity index (χ1) is 8.66. The van der Waals surface area contributed by atoms with Crippen LogP contribution < -0.4 is 5.32 Å². The lowest BCUT2D eigenvalue weighted by atomic mass is 10.0. The maximum Gasteiger partial charge on any atom is 0.252 e. The summed E-state index contributed by atoms with van der Waals surface area (Å²) in [5.74, 6) is 0.853. The van der Waals surface area contributed by atoms with E-state index in [1.807, 2.05) is 25.1 Å². The fourth-order valence-corrected chi connectivity index (χ4v) is 3.26. The molecule has 1 N–H and O–H groups in total. The van der Waals surface area contributed by atoms with Crippen molar-refractivity contribution < 1.29 is 4.79 Å². The van der Waals surface area contributed by atoms with Gasteiger partial charge in [0.05, 0.1) is 5.56 Å². The van der Waals surface area contributed by atoms with Crippen molar-refractivity contribution in [2.45, 2.75) is 39.0 Å². The van der Waals surface area contributed by atoms with E-state index in [1.54, 1.807) is 0 Å². The van der Waals surface area contributed by atoms with Crippen LogP contribution >= 0.6 is 15.9 Å². The smallest absolute Gasteiger partial charge is 0.252 e. The number of hydrogen-bond donors (Lipinski definition) is 1. The van der Waals surface area contributed by atoms with Gasteiger partial charge in [0.25, 0.3) is 5.91 Å². The topological polar surface area (TPSA) is 29.1 Å². The first kappa shape index (κ1) is 13.6. The third-order valence-electron chi connectivity index (χ3n) is 3.68. The summed E-state index contributed by atoms with van der Waals surface area (Å²) in [4.78, 5) is 12.0. The van der Waals surface area contributed by atoms with Crippen LogP contribution in [0.2, 0.25) is 0 Å². The van der Waals surface area contributed by atoms with E-state index >= 15 is 0 Å². The largest absolute Gasteiger partial charge is 0.352 e. The Morgan fingerprint density at radius 1 is 1.39 bits per heavy atom. The molecule has 2 nitrogen and oxygen atoms in total. The van der Waals surface area contributed by atoms with Crippen molar-refractivity contribution in [3.8, 4) is 0 Å². The van der Waals surface area contributed by atoms with Crippen molar-refractivity contribution in [1.82, 2.24) is 5.32 Å². The van der Waals surface area contributed by atoms with Crippen LogP contribution in [0, 0.1) is 12.8 Å². The van der Waals surface area contributed by atoms with E-state index in [9.17, 15) is 4.79 Å². The van der Waals surface area contributed by atoms with E-state index in [0.29, 0.717) is 0 Å². The first-order valence-corrected chi connectivity index (χ1v) is 7.50. The molecular weight excluding hydrogens is 290 g/mol. The highest BCUT2D eigenvalue weighted by Gasteiger charge is 2.15. The minimum absolute atomic E-state index is 0.0277. The number of rotatable bonds is 4. The summed E-state index contributed by atoms with van der Waals surface area (Å²) in [5.41, 5.74) is 1.89. The number of carbonyl (C=O) groups is 1. The van der Waals surface area contributed by atoms with Crippen LogP contribution in [-0.2, 0) is 0 Å². The molecule has 0 unspecified atom stereocenters. The van der Waals surface area contributed by atoms with Gasteiger partial charge in [0, 0.05) is 11.0 Å². The van der Waals surface area contributed by atoms with Gasteiger partial charge in [-0.15, -0.1) is 0 Å². The van der Waals surface area contributed by atoms with Gasteiger partial charge in [-0.3, -0.25) is 4.79 Å². The first-order valence-electron chi connectivity index (χ1n) is 6.71. The highest BCUT2D eigenvalue weighted by atomic mass is 79.9. The van der Waals surface area contributed by atoms with Crippen LogP contribution in [0.4, 0.5) is 0 Å². The fourth-order valence-electron chi connectivity index (χ4n) is 2.59. The van der Waals surface area contributed by atoms with E-state index in [0.717, 1.165) is 34.5 Å². The summed E-state index contributed by atoms with van der Waals surface area (Å²) in [6.45, 7) is 2.82. The van der Waals surface area contributed by atoms with Gasteiger partial charge in [-0.25, -0.2) is 0 Å². The summed E-state index contributed by atoms with van der Waals surface area (Å²) in [6.07, 6.45) is 6.52. The Bertz CT molecular complexity index is 425. The minimum Gasteiger partial charge on any atom is -0.352 e. The lowest BCUT2D eigenvalue weighted by Gasteiger charge is -2.10. The Hall–Kier alpha value is -0.830. The van der Waals surface area contributed by atoms with Crippen LogP contribution in [0.15, 0.2) is 22.7 Å². The Balaban J connectivity index is 1.83. The minimum atomic E-state index is 0.0277. The lowest BCUT2D eigenvalue weighted by molar-refractivity contribution is 0.0950. The van der Waals surface area contributed by atoms with Crippen LogP contribution in [0.1, 0.15) is 48.0 Å². The van der Waals surface area contributed by atoms with E-state index in [2.05, 4.69) is 21.2 Å². The Labute approximate surface area is 117 Å². The summed E-state index contributed by atoms with van der Waals surface area (Å²) < 4.78 is 0.876. The normalized spacial score (nSPS) is 15.9. The zero-order chi connectivity index (χ0) is 13.0. The second-order valence-electron chi connectivity index (χ2n) is 5.18. The molecule has 1 aromatic rings. The number of amides is 1. The molecule has 3 heteroatoms. The predicted octanol–water partition coefficient (Wildman–Crippen LogP) is 4.07. The molecule has 1 amide bonds. The third-order valence-corrected chi connectivity index (χ3v) is 4.34. The van der Waals surface area contributed by atoms with Crippen molar-refractivity contribution >= 4 is 21.8 Å². The Morgan fingerprint density at radius 3 is 2.78 bits per heavy atom. The maximum atomic E-state index is 12.0. The van der Waals surface area contributed by atoms with Crippen molar-refractivity contribution in [2.75, 3.05) is 6.54 Å². The molecule has 0 aliphatic heterocycles. The average Bonchev–Trinajstić information content (AvgIpc) is 2.81. The molecule has 1 aromatic carbocycles. The van der Waals surface area contributed by atoms with E-state index in [-0.39, 0.29) is 5.91 Å². The predicted molar refractivity (Wildman–Crippen MR) is 77.8 cm³/mol. The number of carbonyl (C=O) groups excluding carboxylic acids is 1. The molecule has 18 heavy (non-hydrogen) atoms. The van der Waals surface area contributed by atoms with E-state index < -0.39 is 0 Å². The molecule has 0 aromatic heterocycles. The van der Waals surface area contributed by atoms with Gasteiger partial charge in [-0.1, -0.05) is 31.7 Å². The SMILES string of the molecule is Cc1ccc(C(=O)NCCC2CCCC2)c(Br)c1. The van der Waals surface area contributed by atoms with Crippen molar-refractivity contribution in [2.24, 2.45) is 5.92 Å². The number of nitrogens with one attached hydrogen (secondary N) is 1. The molecule has 1 saturated carbocycles. The third kappa shape index (κ3) is 3.58. The fraction of sp³-hybridized carbons (Fsp3) is 0.533. The highest BCUT2D eigenvalue weighted by Crippen LogP contribution is 2.27. The number of benzene rings is 1. The molecule has 0 radical (unpaired) electrons. The number of aryl methyl sites for hydroxylation is 1. The molecule has 98 valence electrons. The van der Waals surface area contributed by atoms with Gasteiger partial charge in [0.1, 0.15) is 0 Å². The lowest BCUT2D eigenvalue weighted by Crippen LogP contribution is -2.26. The van der Waals surface area contributed by atoms with Gasteiger partial charge in [-0.2, -0.15) is 0 Å². The molecule has 0 atom stereocenters. The summed E-state index contributed by atoms with van der Waals surface area (Å²) in [6, 6.07) is 5.83. The molecular formula is C15H20BrNO. The van der Waals surface area contributed by atoms with Crippen LogP contribution in [0.3, 0.4) is 0 Å². The summed E-state index contributed by atoms with van der Waals surface area (Å²) in [7, 11) is 0. The second-order valence-corrected chi connectivity index (χ2v) is 6.03. The standard InChI is InChI=1S/C15H20BrNO/c1-11-6-7-13(14(16)10-11)15(18)17-9-8-12-4-2-3-5-12/h6-7,10,12H,2-5,8-9H2,1H3,(H,17,18). The van der Waals surface area contributed by atoms with Gasteiger partial charge in [0.2, 0.25) is 0 Å². The molecule has 1 aliphatic rings. The summed E-state index contributed by atoms with van der Waals surface area (Å²) >= 11 is 3.45. The second kappa shape index (κ2) is 6.37. The highest BCUT2D eigenvalue weighted by molar-refractivity contribution is 9.10. The average molecular weight is 310 g/mol. The Kier molecular flexibility index (Phi) is 4.81. The zero-order valence-corrected chi connectivity index (χ0v) is 12.4. The van der Waals surface area contributed by atoms with Crippen LogP contribution in [0.5, 0.6) is 0 Å². The van der Waals surface area contributed by atoms with E-state index in [4.69, 9.17) is 0 Å². The Morgan fingerprint density at radius 2 is 2.11 bits per heavy atom. The van der Waals surface area contributed by atoms with E-state index in [1.165, 1.54) is 25.7 Å².